The number of hydrogen-bond donors (Lipinski definition) is 0. The van der Waals surface area contributed by atoms with Crippen molar-refractivity contribution in [2.24, 2.45) is 5.92 Å². The van der Waals surface area contributed by atoms with Gasteiger partial charge in [0.05, 0.1) is 16.4 Å². The van der Waals surface area contributed by atoms with Crippen molar-refractivity contribution in [3.05, 3.63) is 104 Å². The van der Waals surface area contributed by atoms with E-state index in [1.54, 1.807) is 0 Å². The number of allylic oxidation sites excluding steroid dienone is 7. The van der Waals surface area contributed by atoms with Gasteiger partial charge in [-0.3, -0.25) is 9.59 Å². The number of thioether (sulfide) groups is 1. The van der Waals surface area contributed by atoms with E-state index in [-0.39, 0.29) is 35.4 Å². The second-order valence-corrected chi connectivity index (χ2v) is 11.4. The molecule has 3 aliphatic carbocycles. The number of halogens is 4. The summed E-state index contributed by atoms with van der Waals surface area (Å²) in [7, 11) is 0. The first kappa shape index (κ1) is 17.5. The minimum atomic E-state index is -5.20. The molecule has 258 valence electrons. The average molecular weight is 706 g/mol. The van der Waals surface area contributed by atoms with Gasteiger partial charge in [-0.25, -0.2) is 4.39 Å². The lowest BCUT2D eigenvalue weighted by molar-refractivity contribution is -0.131. The minimum absolute atomic E-state index is 0.00231. The zero-order valence-electron chi connectivity index (χ0n) is 46.9. The van der Waals surface area contributed by atoms with Crippen LogP contribution in [-0.2, 0) is 29.9 Å². The molecule has 0 spiro atoms. The summed E-state index contributed by atoms with van der Waals surface area (Å²) in [6, 6.07) is -9.19. The summed E-state index contributed by atoms with van der Waals surface area (Å²) in [6.45, 7) is -18.2. The minimum Gasteiger partial charge on any atom is -0.336 e. The van der Waals surface area contributed by atoms with Crippen LogP contribution in [0.4, 0.5) is 17.6 Å². The summed E-state index contributed by atoms with van der Waals surface area (Å²) in [4.78, 5) is 31.5. The zero-order valence-corrected chi connectivity index (χ0v) is 26.7. The molecule has 1 amide bonds. The van der Waals surface area contributed by atoms with E-state index >= 15 is 4.79 Å². The van der Waals surface area contributed by atoms with E-state index in [1.165, 1.54) is 0 Å². The Balaban J connectivity index is 1.79. The van der Waals surface area contributed by atoms with Gasteiger partial charge in [0.15, 0.2) is 5.16 Å². The fourth-order valence-electron chi connectivity index (χ4n) is 4.91. The van der Waals surface area contributed by atoms with Gasteiger partial charge in [-0.15, -0.1) is 0 Å². The fraction of sp³-hybridized carbons (Fsp3) is 0.486. The Kier molecular flexibility index (Phi) is 5.77. The molecule has 0 N–H and O–H groups in total. The zero-order chi connectivity index (χ0) is 53.0. The number of fused-ring (bicyclic) bond motifs is 1. The lowest BCUT2D eigenvalue weighted by Gasteiger charge is -2.30. The molecule has 1 aromatic carbocycles. The van der Waals surface area contributed by atoms with Crippen LogP contribution in [0.15, 0.2) is 80.6 Å². The van der Waals surface area contributed by atoms with Crippen LogP contribution in [0.5, 0.6) is 0 Å². The summed E-state index contributed by atoms with van der Waals surface area (Å²) in [6.07, 6.45) is -12.0. The fourth-order valence-corrected chi connectivity index (χ4v) is 5.81. The van der Waals surface area contributed by atoms with E-state index in [0.717, 1.165) is 11.5 Å². The van der Waals surface area contributed by atoms with Crippen LogP contribution in [0.3, 0.4) is 0 Å². The summed E-state index contributed by atoms with van der Waals surface area (Å²) in [5.41, 5.74) is -5.96. The highest BCUT2D eigenvalue weighted by Gasteiger charge is 2.38. The molecule has 3 aliphatic rings. The van der Waals surface area contributed by atoms with Crippen LogP contribution in [0, 0.1) is 11.7 Å². The molecule has 0 fully saturated rings. The summed E-state index contributed by atoms with van der Waals surface area (Å²) in [5, 5.41) is -0.457. The molecule has 5 rings (SSSR count). The van der Waals surface area contributed by atoms with Crippen molar-refractivity contribution < 1.29 is 51.1 Å². The molecule has 0 radical (unpaired) electrons. The molecule has 4 atom stereocenters. The highest BCUT2D eigenvalue weighted by atomic mass is 32.2. The first-order valence-corrected chi connectivity index (χ1v) is 15.5. The Morgan fingerprint density at radius 3 is 2.52 bits per heavy atom. The van der Waals surface area contributed by atoms with Crippen LogP contribution >= 0.6 is 11.8 Å². The van der Waals surface area contributed by atoms with Crippen molar-refractivity contribution in [2.75, 3.05) is 32.5 Å². The summed E-state index contributed by atoms with van der Waals surface area (Å²) < 4.78 is 239. The SMILES string of the molecule is [2H]C1=C(C2=C([2H])C([2H])=C(C(F)(F)F)C(C)C2[2H])C([2H])C([2H])C(C([2H])([2H])N(C(=O)Cn2c(SCc3c([2H])c([2H])c(F)c([2H])c3[2H])nc(=O)c3c2CCC3)C([2H])([2H])C([2H])([2H])N(C([2H])([2H])C)C([2H])([2H])C)=C1[2H]. The highest BCUT2D eigenvalue weighted by molar-refractivity contribution is 7.98. The van der Waals surface area contributed by atoms with Crippen LogP contribution in [0.25, 0.3) is 0 Å². The third-order valence-electron chi connectivity index (χ3n) is 7.24. The first-order chi connectivity index (χ1) is 31.2. The average Bonchev–Trinajstić information content (AvgIpc) is 3.69. The van der Waals surface area contributed by atoms with E-state index in [0.29, 0.717) is 25.6 Å². The van der Waals surface area contributed by atoms with E-state index < -0.39 is 180 Å². The standard InChI is InChI=1S/C37H44F4N4O2S/c1-4-43(5-2)19-20-44(22-26-9-13-28(14-10-26)29-15-18-32(25(3)21-29)37(39,40)41)34(46)23-45-33-8-6-7-31(33)35(47)42-36(45)48-24-27-11-16-30(38)17-12-27/h9,11-13,15-18,25H,4-8,10,14,19-24H2,1-3H3/i4D2,5D2,9D,10D,11D,12D,13D,14D,15D,16D,17D,18D,19D2,20D2,21D,22D2. The maximum absolute atomic E-state index is 15.1. The third kappa shape index (κ3) is 8.77. The molecule has 0 aliphatic heterocycles. The number of amides is 1. The Morgan fingerprint density at radius 1 is 1.08 bits per heavy atom. The highest BCUT2D eigenvalue weighted by Crippen LogP contribution is 2.40. The lowest BCUT2D eigenvalue weighted by atomic mass is 9.82. The number of benzene rings is 1. The Labute approximate surface area is 313 Å². The van der Waals surface area contributed by atoms with E-state index in [9.17, 15) is 27.8 Å². The quantitative estimate of drug-likeness (QED) is 0.123. The topological polar surface area (TPSA) is 58.4 Å². The van der Waals surface area contributed by atoms with Crippen LogP contribution in [0.2, 0.25) is 0 Å². The van der Waals surface area contributed by atoms with Crippen molar-refractivity contribution in [1.82, 2.24) is 19.4 Å². The summed E-state index contributed by atoms with van der Waals surface area (Å²) in [5.74, 6) is -5.80. The summed E-state index contributed by atoms with van der Waals surface area (Å²) >= 11 is 0.507. The third-order valence-corrected chi connectivity index (χ3v) is 8.24. The second-order valence-electron chi connectivity index (χ2n) is 10.4. The predicted octanol–water partition coefficient (Wildman–Crippen LogP) is 7.44. The number of carbonyl (C=O) groups excluding carboxylic acids is 1. The Morgan fingerprint density at radius 2 is 1.81 bits per heavy atom. The number of nitrogens with zero attached hydrogens (tertiary/aromatic N) is 4. The molecule has 48 heavy (non-hydrogen) atoms. The van der Waals surface area contributed by atoms with Gasteiger partial charge in [0.2, 0.25) is 5.91 Å². The number of hydrogen-bond acceptors (Lipinski definition) is 5. The molecular formula is C37H44F4N4O2S. The largest absolute Gasteiger partial charge is 0.412 e. The monoisotopic (exact) mass is 705 g/mol. The van der Waals surface area contributed by atoms with E-state index in [4.69, 9.17) is 23.3 Å². The molecular weight excluding hydrogens is 640 g/mol. The van der Waals surface area contributed by atoms with Crippen molar-refractivity contribution in [3.63, 3.8) is 0 Å². The van der Waals surface area contributed by atoms with Crippen LogP contribution in [-0.4, -0.2) is 63.9 Å². The van der Waals surface area contributed by atoms with Crippen LogP contribution in [0.1, 0.15) is 92.0 Å². The van der Waals surface area contributed by atoms with Gasteiger partial charge in [-0.2, -0.15) is 18.2 Å². The molecule has 0 bridgehead atoms. The lowest BCUT2D eigenvalue weighted by Crippen LogP contribution is -2.42. The molecule has 2 aromatic rings. The van der Waals surface area contributed by atoms with Gasteiger partial charge in [0, 0.05) is 54.4 Å². The predicted molar refractivity (Wildman–Crippen MR) is 182 cm³/mol. The van der Waals surface area contributed by atoms with E-state index in [2.05, 4.69) is 4.98 Å². The van der Waals surface area contributed by atoms with Gasteiger partial charge in [0.1, 0.15) is 12.4 Å². The van der Waals surface area contributed by atoms with Gasteiger partial charge in [0.25, 0.3) is 5.56 Å². The van der Waals surface area contributed by atoms with Gasteiger partial charge < -0.3 is 14.4 Å². The number of alkyl halides is 3. The second kappa shape index (κ2) is 15.8. The number of likely N-dealkylation sites (N-methyl/N-ethyl adjacent to an activating group) is 1. The van der Waals surface area contributed by atoms with Crippen LogP contribution < -0.4 is 5.56 Å². The first-order valence-electron chi connectivity index (χ1n) is 25.3. The Bertz CT molecular complexity index is 2620. The number of aromatic nitrogens is 2. The maximum atomic E-state index is 15.1. The van der Waals surface area contributed by atoms with Gasteiger partial charge in [-0.05, 0) is 86.2 Å². The Hall–Kier alpha value is -3.44. The molecule has 0 saturated carbocycles. The molecule has 4 unspecified atom stereocenters. The molecule has 6 nitrogen and oxygen atoms in total. The van der Waals surface area contributed by atoms with Gasteiger partial charge in [-0.1, -0.05) is 74.4 Å². The van der Waals surface area contributed by atoms with Gasteiger partial charge >= 0.3 is 6.18 Å². The van der Waals surface area contributed by atoms with E-state index in [1.807, 2.05) is 0 Å². The molecule has 11 heteroatoms. The normalized spacial score (nSPS) is 31.1. The maximum Gasteiger partial charge on any atom is 0.412 e. The molecule has 1 heterocycles. The van der Waals surface area contributed by atoms with Crippen molar-refractivity contribution >= 4 is 17.7 Å². The van der Waals surface area contributed by atoms with Crippen molar-refractivity contribution in [2.45, 2.75) is 82.9 Å². The smallest absolute Gasteiger partial charge is 0.336 e. The molecule has 0 saturated heterocycles. The van der Waals surface area contributed by atoms with Crippen molar-refractivity contribution in [1.29, 1.82) is 0 Å². The number of carbonyl (C=O) groups is 1. The number of rotatable bonds is 13. The molecule has 1 aromatic heterocycles. The van der Waals surface area contributed by atoms with Crippen molar-refractivity contribution in [3.8, 4) is 0 Å².